The molecule has 1 aromatic heterocycles. The van der Waals surface area contributed by atoms with Crippen LogP contribution in [0.25, 0.3) is 0 Å². The molecule has 0 aliphatic rings. The first-order valence-corrected chi connectivity index (χ1v) is 7.71. The quantitative estimate of drug-likeness (QED) is 0.846. The first-order chi connectivity index (χ1) is 10.0. The van der Waals surface area contributed by atoms with Gasteiger partial charge in [-0.15, -0.1) is 0 Å². The first kappa shape index (κ1) is 15.3. The van der Waals surface area contributed by atoms with Crippen LogP contribution in [0.1, 0.15) is 5.56 Å². The molecule has 0 radical (unpaired) electrons. The number of halogens is 1. The molecule has 0 saturated heterocycles. The maximum atomic E-state index is 12.2. The molecular weight excluding hydrogens is 312 g/mol. The van der Waals surface area contributed by atoms with Crippen molar-refractivity contribution in [2.75, 3.05) is 11.3 Å². The lowest BCUT2D eigenvalue weighted by Crippen LogP contribution is -2.14. The number of aliphatic hydroxyl groups is 1. The second-order valence-corrected chi connectivity index (χ2v) is 6.06. The Kier molecular flexibility index (Phi) is 4.81. The normalized spacial score (nSPS) is 10.6. The summed E-state index contributed by atoms with van der Waals surface area (Å²) in [5, 5.41) is 9.16. The zero-order chi connectivity index (χ0) is 15.3. The highest BCUT2D eigenvalue weighted by molar-refractivity contribution is 7.92. The maximum absolute atomic E-state index is 12.2. The zero-order valence-corrected chi connectivity index (χ0v) is 12.3. The number of hydrogen-bond donors (Lipinski definition) is 2. The molecule has 2 aromatic rings. The van der Waals surface area contributed by atoms with E-state index in [2.05, 4.69) is 21.5 Å². The monoisotopic (exact) mass is 322 g/mol. The molecule has 108 valence electrons. The smallest absolute Gasteiger partial charge is 0.263 e. The lowest BCUT2D eigenvalue weighted by molar-refractivity contribution is 0.350. The molecule has 0 aliphatic heterocycles. The van der Waals surface area contributed by atoms with Gasteiger partial charge in [-0.2, -0.15) is 0 Å². The van der Waals surface area contributed by atoms with E-state index >= 15 is 0 Å². The average Bonchev–Trinajstić information content (AvgIpc) is 2.48. The number of nitrogens with zero attached hydrogens (tertiary/aromatic N) is 1. The topological polar surface area (TPSA) is 79.3 Å². The molecule has 0 unspecified atom stereocenters. The number of aliphatic hydroxyl groups excluding tert-OH is 1. The second kappa shape index (κ2) is 6.59. The van der Waals surface area contributed by atoms with Crippen molar-refractivity contribution in [2.24, 2.45) is 0 Å². The highest BCUT2D eigenvalue weighted by Gasteiger charge is 2.15. The van der Waals surface area contributed by atoms with Crippen LogP contribution in [0.15, 0.2) is 47.6 Å². The number of anilines is 1. The van der Waals surface area contributed by atoms with Crippen LogP contribution in [0, 0.1) is 11.8 Å². The SMILES string of the molecule is O=S(=O)(Nc1ccc(Cl)cc1C#CCO)c1cccnc1. The van der Waals surface area contributed by atoms with E-state index < -0.39 is 10.0 Å². The van der Waals surface area contributed by atoms with Gasteiger partial charge in [-0.1, -0.05) is 23.4 Å². The molecule has 1 heterocycles. The van der Waals surface area contributed by atoms with Crippen molar-refractivity contribution in [1.82, 2.24) is 4.98 Å². The fourth-order valence-electron chi connectivity index (χ4n) is 1.55. The van der Waals surface area contributed by atoms with E-state index in [1.807, 2.05) is 0 Å². The third kappa shape index (κ3) is 3.95. The Bertz CT molecular complexity index is 796. The number of benzene rings is 1. The van der Waals surface area contributed by atoms with Gasteiger partial charge in [0.1, 0.15) is 11.5 Å². The minimum absolute atomic E-state index is 0.0426. The molecular formula is C14H11ClN2O3S. The van der Waals surface area contributed by atoms with Gasteiger partial charge >= 0.3 is 0 Å². The standard InChI is InChI=1S/C14H11ClN2O3S/c15-12-5-6-14(11(9-12)3-2-8-18)17-21(19,20)13-4-1-7-16-10-13/h1,4-7,9-10,17-18H,8H2. The molecule has 0 spiro atoms. The van der Waals surface area contributed by atoms with Crippen LogP contribution in [0.5, 0.6) is 0 Å². The van der Waals surface area contributed by atoms with Crippen molar-refractivity contribution < 1.29 is 13.5 Å². The lowest BCUT2D eigenvalue weighted by Gasteiger charge is -2.10. The number of nitrogens with one attached hydrogen (secondary N) is 1. The molecule has 0 aliphatic carbocycles. The molecule has 1 aromatic carbocycles. The zero-order valence-electron chi connectivity index (χ0n) is 10.7. The van der Waals surface area contributed by atoms with E-state index in [4.69, 9.17) is 16.7 Å². The first-order valence-electron chi connectivity index (χ1n) is 5.85. The van der Waals surface area contributed by atoms with E-state index in [0.29, 0.717) is 10.6 Å². The third-order valence-electron chi connectivity index (χ3n) is 2.47. The third-order valence-corrected chi connectivity index (χ3v) is 4.06. The predicted octanol–water partition coefficient (Wildman–Crippen LogP) is 1.88. The molecule has 0 atom stereocenters. The Hall–Kier alpha value is -2.07. The fraction of sp³-hybridized carbons (Fsp3) is 0.0714. The molecule has 2 rings (SSSR count). The Morgan fingerprint density at radius 1 is 1.33 bits per heavy atom. The Labute approximate surface area is 127 Å². The van der Waals surface area contributed by atoms with Gasteiger partial charge in [-0.3, -0.25) is 9.71 Å². The Balaban J connectivity index is 2.40. The van der Waals surface area contributed by atoms with Crippen molar-refractivity contribution in [3.05, 3.63) is 53.3 Å². The average molecular weight is 323 g/mol. The summed E-state index contributed by atoms with van der Waals surface area (Å²) >= 11 is 5.87. The lowest BCUT2D eigenvalue weighted by atomic mass is 10.2. The molecule has 21 heavy (non-hydrogen) atoms. The van der Waals surface area contributed by atoms with Crippen molar-refractivity contribution in [2.45, 2.75) is 4.90 Å². The molecule has 7 heteroatoms. The number of pyridine rings is 1. The molecule has 5 nitrogen and oxygen atoms in total. The van der Waals surface area contributed by atoms with Crippen LogP contribution in [0.2, 0.25) is 5.02 Å². The summed E-state index contributed by atoms with van der Waals surface area (Å²) in [6, 6.07) is 7.54. The number of rotatable bonds is 3. The minimum atomic E-state index is -3.76. The highest BCUT2D eigenvalue weighted by atomic mass is 35.5. The van der Waals surface area contributed by atoms with Crippen LogP contribution in [0.4, 0.5) is 5.69 Å². The molecule has 0 amide bonds. The number of aromatic nitrogens is 1. The van der Waals surface area contributed by atoms with Crippen LogP contribution in [0.3, 0.4) is 0 Å². The van der Waals surface area contributed by atoms with Gasteiger partial charge in [-0.25, -0.2) is 8.42 Å². The molecule has 0 saturated carbocycles. The van der Waals surface area contributed by atoms with Gasteiger partial charge in [0, 0.05) is 17.4 Å². The van der Waals surface area contributed by atoms with Gasteiger partial charge in [0.15, 0.2) is 0 Å². The van der Waals surface area contributed by atoms with Gasteiger partial charge < -0.3 is 5.11 Å². The van der Waals surface area contributed by atoms with Crippen molar-refractivity contribution in [3.63, 3.8) is 0 Å². The highest BCUT2D eigenvalue weighted by Crippen LogP contribution is 2.22. The summed E-state index contributed by atoms with van der Waals surface area (Å²) in [5.74, 6) is 5.11. The number of hydrogen-bond acceptors (Lipinski definition) is 4. The van der Waals surface area contributed by atoms with Gasteiger partial charge in [0.25, 0.3) is 10.0 Å². The fourth-order valence-corrected chi connectivity index (χ4v) is 2.77. The summed E-state index contributed by atoms with van der Waals surface area (Å²) < 4.78 is 26.9. The van der Waals surface area contributed by atoms with Crippen molar-refractivity contribution in [1.29, 1.82) is 0 Å². The molecule has 0 bridgehead atoms. The summed E-state index contributed by atoms with van der Waals surface area (Å²) in [7, 11) is -3.76. The van der Waals surface area contributed by atoms with Crippen LogP contribution >= 0.6 is 11.6 Å². The predicted molar refractivity (Wildman–Crippen MR) is 80.5 cm³/mol. The van der Waals surface area contributed by atoms with E-state index in [1.165, 1.54) is 36.7 Å². The van der Waals surface area contributed by atoms with E-state index in [-0.39, 0.29) is 17.2 Å². The van der Waals surface area contributed by atoms with Gasteiger partial charge in [0.2, 0.25) is 0 Å². The van der Waals surface area contributed by atoms with E-state index in [1.54, 1.807) is 6.07 Å². The summed E-state index contributed by atoms with van der Waals surface area (Å²) in [6.07, 6.45) is 2.73. The Morgan fingerprint density at radius 3 is 2.81 bits per heavy atom. The van der Waals surface area contributed by atoms with E-state index in [9.17, 15) is 8.42 Å². The minimum Gasteiger partial charge on any atom is -0.384 e. The summed E-state index contributed by atoms with van der Waals surface area (Å²) in [5.41, 5.74) is 0.660. The van der Waals surface area contributed by atoms with Crippen molar-refractivity contribution >= 4 is 27.3 Å². The second-order valence-electron chi connectivity index (χ2n) is 3.94. The van der Waals surface area contributed by atoms with Gasteiger partial charge in [0.05, 0.1) is 11.3 Å². The van der Waals surface area contributed by atoms with Gasteiger partial charge in [-0.05, 0) is 30.3 Å². The Morgan fingerprint density at radius 2 is 2.14 bits per heavy atom. The molecule has 2 N–H and O–H groups in total. The number of sulfonamides is 1. The van der Waals surface area contributed by atoms with Crippen LogP contribution in [-0.2, 0) is 10.0 Å². The van der Waals surface area contributed by atoms with Crippen molar-refractivity contribution in [3.8, 4) is 11.8 Å². The van der Waals surface area contributed by atoms with Crippen LogP contribution < -0.4 is 4.72 Å². The summed E-state index contributed by atoms with van der Waals surface area (Å²) in [6.45, 7) is -0.332. The largest absolute Gasteiger partial charge is 0.384 e. The molecule has 0 fully saturated rings. The maximum Gasteiger partial charge on any atom is 0.263 e. The summed E-state index contributed by atoms with van der Waals surface area (Å²) in [4.78, 5) is 3.82. The van der Waals surface area contributed by atoms with Crippen LogP contribution in [-0.4, -0.2) is 25.1 Å². The van der Waals surface area contributed by atoms with E-state index in [0.717, 1.165) is 0 Å².